The van der Waals surface area contributed by atoms with Gasteiger partial charge in [-0.15, -0.1) is 0 Å². The summed E-state index contributed by atoms with van der Waals surface area (Å²) in [5, 5.41) is 0. The van der Waals surface area contributed by atoms with Crippen LogP contribution in [0, 0.1) is 5.92 Å². The Kier molecular flexibility index (Phi) is 6.56. The number of anilines is 2. The van der Waals surface area contributed by atoms with Crippen LogP contribution in [0.4, 0.5) is 11.4 Å². The van der Waals surface area contributed by atoms with E-state index < -0.39 is 0 Å². The average Bonchev–Trinajstić information content (AvgIpc) is 2.70. The van der Waals surface area contributed by atoms with Crippen molar-refractivity contribution < 1.29 is 4.79 Å². The molecular weight excluding hydrogens is 344 g/mol. The van der Waals surface area contributed by atoms with Crippen molar-refractivity contribution in [2.75, 3.05) is 38.0 Å². The predicted molar refractivity (Wildman–Crippen MR) is 120 cm³/mol. The van der Waals surface area contributed by atoms with Crippen molar-refractivity contribution in [3.8, 4) is 0 Å². The summed E-state index contributed by atoms with van der Waals surface area (Å²) in [4.78, 5) is 16.9. The first-order valence-electron chi connectivity index (χ1n) is 10.2. The van der Waals surface area contributed by atoms with Crippen molar-refractivity contribution >= 4 is 23.2 Å². The van der Waals surface area contributed by atoms with E-state index in [9.17, 15) is 4.79 Å². The highest BCUT2D eigenvalue weighted by atomic mass is 16.1. The van der Waals surface area contributed by atoms with E-state index in [0.717, 1.165) is 25.7 Å². The zero-order chi connectivity index (χ0) is 20.1. The van der Waals surface area contributed by atoms with Crippen molar-refractivity contribution in [2.24, 2.45) is 5.92 Å². The summed E-state index contributed by atoms with van der Waals surface area (Å²) in [5.41, 5.74) is 4.77. The fourth-order valence-corrected chi connectivity index (χ4v) is 3.96. The Bertz CT molecular complexity index is 803. The Balaban J connectivity index is 1.88. The number of rotatable bonds is 6. The minimum Gasteiger partial charge on any atom is -0.378 e. The van der Waals surface area contributed by atoms with Crippen LogP contribution in [0.2, 0.25) is 0 Å². The molecule has 0 saturated heterocycles. The van der Waals surface area contributed by atoms with Gasteiger partial charge in [-0.2, -0.15) is 0 Å². The fraction of sp³-hybridized carbons (Fsp3) is 0.400. The molecule has 0 amide bonds. The molecule has 2 atom stereocenters. The van der Waals surface area contributed by atoms with Crippen molar-refractivity contribution in [1.29, 1.82) is 0 Å². The summed E-state index contributed by atoms with van der Waals surface area (Å²) < 4.78 is 0. The van der Waals surface area contributed by atoms with E-state index in [2.05, 4.69) is 84.6 Å². The van der Waals surface area contributed by atoms with E-state index in [4.69, 9.17) is 0 Å². The first kappa shape index (κ1) is 20.2. The molecule has 2 aromatic rings. The summed E-state index contributed by atoms with van der Waals surface area (Å²) in [7, 11) is 8.20. The molecule has 0 radical (unpaired) electrons. The van der Waals surface area contributed by atoms with Crippen LogP contribution in [0.5, 0.6) is 0 Å². The van der Waals surface area contributed by atoms with Crippen LogP contribution in [0.25, 0.3) is 6.08 Å². The van der Waals surface area contributed by atoms with Crippen LogP contribution < -0.4 is 9.80 Å². The second-order valence-corrected chi connectivity index (χ2v) is 8.18. The van der Waals surface area contributed by atoms with Gasteiger partial charge in [0.15, 0.2) is 0 Å². The number of hydrogen-bond donors (Lipinski definition) is 0. The molecule has 0 aromatic heterocycles. The zero-order valence-corrected chi connectivity index (χ0v) is 17.6. The number of nitrogens with zero attached hydrogens (tertiary/aromatic N) is 2. The van der Waals surface area contributed by atoms with Crippen LogP contribution in [-0.4, -0.2) is 34.0 Å². The van der Waals surface area contributed by atoms with Crippen LogP contribution >= 0.6 is 0 Å². The zero-order valence-electron chi connectivity index (χ0n) is 17.6. The molecule has 0 aliphatic heterocycles. The summed E-state index contributed by atoms with van der Waals surface area (Å²) in [6, 6.07) is 17.2. The van der Waals surface area contributed by atoms with Crippen LogP contribution in [0.15, 0.2) is 54.6 Å². The molecule has 0 spiro atoms. The molecule has 2 unspecified atom stereocenters. The highest BCUT2D eigenvalue weighted by Gasteiger charge is 2.29. The molecule has 0 heterocycles. The van der Waals surface area contributed by atoms with E-state index in [1.807, 2.05) is 14.1 Å². The van der Waals surface area contributed by atoms with Gasteiger partial charge in [0.25, 0.3) is 0 Å². The first-order chi connectivity index (χ1) is 13.5. The molecule has 0 N–H and O–H groups in total. The topological polar surface area (TPSA) is 23.6 Å². The molecular formula is C25H32N2O. The summed E-state index contributed by atoms with van der Waals surface area (Å²) in [6.45, 7) is 0. The number of carbonyl (C=O) groups is 1. The lowest BCUT2D eigenvalue weighted by molar-refractivity contribution is -0.124. The second kappa shape index (κ2) is 9.09. The molecule has 148 valence electrons. The Morgan fingerprint density at radius 1 is 0.857 bits per heavy atom. The van der Waals surface area contributed by atoms with E-state index in [0.29, 0.717) is 5.78 Å². The Morgan fingerprint density at radius 3 is 1.96 bits per heavy atom. The monoisotopic (exact) mass is 376 g/mol. The number of carbonyl (C=O) groups excluding carboxylic acids is 1. The Hall–Kier alpha value is -2.55. The predicted octanol–water partition coefficient (Wildman–Crippen LogP) is 5.37. The SMILES string of the molecule is CN(C)c1ccc(/C=C/C(c2ccc(N(C)C)cc2)C2CCCCC2=O)cc1. The first-order valence-corrected chi connectivity index (χ1v) is 10.2. The highest BCUT2D eigenvalue weighted by molar-refractivity contribution is 5.83. The van der Waals surface area contributed by atoms with Crippen molar-refractivity contribution in [3.63, 3.8) is 0 Å². The molecule has 3 rings (SSSR count). The summed E-state index contributed by atoms with van der Waals surface area (Å²) in [5.74, 6) is 0.648. The van der Waals surface area contributed by atoms with E-state index >= 15 is 0 Å². The molecule has 1 fully saturated rings. The number of Topliss-reactive ketones (excluding diaryl/α,β-unsaturated/α-hetero) is 1. The van der Waals surface area contributed by atoms with Crippen molar-refractivity contribution in [2.45, 2.75) is 31.6 Å². The third-order valence-corrected chi connectivity index (χ3v) is 5.74. The maximum atomic E-state index is 12.7. The third-order valence-electron chi connectivity index (χ3n) is 5.74. The van der Waals surface area contributed by atoms with Gasteiger partial charge in [-0.05, 0) is 48.2 Å². The van der Waals surface area contributed by atoms with Gasteiger partial charge >= 0.3 is 0 Å². The second-order valence-electron chi connectivity index (χ2n) is 8.18. The van der Waals surface area contributed by atoms with Gasteiger partial charge in [0, 0.05) is 57.8 Å². The number of allylic oxidation sites excluding steroid dienone is 1. The van der Waals surface area contributed by atoms with Gasteiger partial charge in [0.2, 0.25) is 0 Å². The Labute approximate surface area is 169 Å². The molecule has 2 aromatic carbocycles. The lowest BCUT2D eigenvalue weighted by Gasteiger charge is -2.28. The number of ketones is 1. The summed E-state index contributed by atoms with van der Waals surface area (Å²) in [6.07, 6.45) is 8.31. The van der Waals surface area contributed by atoms with Crippen LogP contribution in [0.3, 0.4) is 0 Å². The molecule has 1 saturated carbocycles. The molecule has 28 heavy (non-hydrogen) atoms. The minimum atomic E-state index is 0.0938. The fourth-order valence-electron chi connectivity index (χ4n) is 3.96. The molecule has 3 nitrogen and oxygen atoms in total. The molecule has 1 aliphatic carbocycles. The van der Waals surface area contributed by atoms with E-state index in [-0.39, 0.29) is 11.8 Å². The summed E-state index contributed by atoms with van der Waals surface area (Å²) >= 11 is 0. The molecule has 1 aliphatic rings. The van der Waals surface area contributed by atoms with Crippen LogP contribution in [0.1, 0.15) is 42.7 Å². The van der Waals surface area contributed by atoms with Gasteiger partial charge in [-0.25, -0.2) is 0 Å². The standard InChI is InChI=1S/C25H32N2O/c1-26(2)21-14-9-19(10-15-21)11-18-23(24-7-5-6-8-25(24)28)20-12-16-22(17-13-20)27(3)4/h9-18,23-24H,5-8H2,1-4H3/b18-11+. The van der Waals surface area contributed by atoms with Crippen molar-refractivity contribution in [1.82, 2.24) is 0 Å². The van der Waals surface area contributed by atoms with Crippen LogP contribution in [-0.2, 0) is 4.79 Å². The average molecular weight is 377 g/mol. The smallest absolute Gasteiger partial charge is 0.136 e. The Morgan fingerprint density at radius 2 is 1.43 bits per heavy atom. The quantitative estimate of drug-likeness (QED) is 0.677. The largest absolute Gasteiger partial charge is 0.378 e. The van der Waals surface area contributed by atoms with Gasteiger partial charge in [-0.1, -0.05) is 42.8 Å². The van der Waals surface area contributed by atoms with Gasteiger partial charge in [0.1, 0.15) is 5.78 Å². The van der Waals surface area contributed by atoms with Gasteiger partial charge in [-0.3, -0.25) is 4.79 Å². The normalized spacial score (nSPS) is 18.3. The highest BCUT2D eigenvalue weighted by Crippen LogP contribution is 2.36. The molecule has 3 heteroatoms. The maximum absolute atomic E-state index is 12.7. The minimum absolute atomic E-state index is 0.0938. The maximum Gasteiger partial charge on any atom is 0.136 e. The third kappa shape index (κ3) is 4.83. The van der Waals surface area contributed by atoms with Gasteiger partial charge in [0.05, 0.1) is 0 Å². The lowest BCUT2D eigenvalue weighted by Crippen LogP contribution is -2.24. The van der Waals surface area contributed by atoms with Gasteiger partial charge < -0.3 is 9.80 Å². The van der Waals surface area contributed by atoms with E-state index in [1.54, 1.807) is 0 Å². The number of benzene rings is 2. The lowest BCUT2D eigenvalue weighted by atomic mass is 9.75. The number of hydrogen-bond acceptors (Lipinski definition) is 3. The van der Waals surface area contributed by atoms with E-state index in [1.165, 1.54) is 22.5 Å². The van der Waals surface area contributed by atoms with Crippen molar-refractivity contribution in [3.05, 3.63) is 65.7 Å². The molecule has 0 bridgehead atoms.